The molecule has 0 heterocycles. The van der Waals surface area contributed by atoms with Crippen LogP contribution in [0.1, 0.15) is 5.56 Å². The first-order valence-electron chi connectivity index (χ1n) is 6.94. The number of rotatable bonds is 6. The molecule has 1 amide bonds. The first kappa shape index (κ1) is 17.0. The van der Waals surface area contributed by atoms with Crippen molar-refractivity contribution in [3.05, 3.63) is 59.9 Å². The lowest BCUT2D eigenvalue weighted by atomic mass is 10.2. The van der Waals surface area contributed by atoms with E-state index < -0.39 is 24.3 Å². The van der Waals surface area contributed by atoms with Crippen LogP contribution in [0.15, 0.2) is 53.4 Å². The van der Waals surface area contributed by atoms with Gasteiger partial charge in [-0.05, 0) is 30.7 Å². The number of benzene rings is 2. The van der Waals surface area contributed by atoms with Crippen LogP contribution in [-0.2, 0) is 14.3 Å². The van der Waals surface area contributed by atoms with E-state index in [4.69, 9.17) is 4.74 Å². The first-order valence-corrected chi connectivity index (χ1v) is 7.93. The topological polar surface area (TPSA) is 55.4 Å². The minimum atomic E-state index is -0.579. The Morgan fingerprint density at radius 3 is 2.57 bits per heavy atom. The number of hydrogen-bond acceptors (Lipinski definition) is 4. The number of ether oxygens (including phenoxy) is 1. The van der Waals surface area contributed by atoms with E-state index in [-0.39, 0.29) is 11.4 Å². The zero-order chi connectivity index (χ0) is 16.7. The van der Waals surface area contributed by atoms with Gasteiger partial charge in [0, 0.05) is 4.90 Å². The minimum absolute atomic E-state index is 0.0582. The Morgan fingerprint density at radius 1 is 1.13 bits per heavy atom. The van der Waals surface area contributed by atoms with Crippen molar-refractivity contribution in [2.24, 2.45) is 0 Å². The number of hydrogen-bond donors (Lipinski definition) is 1. The number of para-hydroxylation sites is 1. The molecule has 1 N–H and O–H groups in total. The molecule has 0 unspecified atom stereocenters. The molecule has 2 aromatic carbocycles. The van der Waals surface area contributed by atoms with Gasteiger partial charge in [0.15, 0.2) is 6.61 Å². The second kappa shape index (κ2) is 8.33. The SMILES string of the molecule is Cc1ccccc1SCC(=O)OCC(=O)Nc1ccccc1F. The van der Waals surface area contributed by atoms with Crippen LogP contribution in [-0.4, -0.2) is 24.2 Å². The highest BCUT2D eigenvalue weighted by Crippen LogP contribution is 2.21. The van der Waals surface area contributed by atoms with E-state index in [9.17, 15) is 14.0 Å². The van der Waals surface area contributed by atoms with Crippen LogP contribution >= 0.6 is 11.8 Å². The number of anilines is 1. The normalized spacial score (nSPS) is 10.2. The molecular formula is C17H16FNO3S. The minimum Gasteiger partial charge on any atom is -0.455 e. The Balaban J connectivity index is 1.75. The van der Waals surface area contributed by atoms with E-state index >= 15 is 0 Å². The van der Waals surface area contributed by atoms with Crippen LogP contribution in [0.2, 0.25) is 0 Å². The largest absolute Gasteiger partial charge is 0.455 e. The van der Waals surface area contributed by atoms with Crippen molar-refractivity contribution in [3.63, 3.8) is 0 Å². The summed E-state index contributed by atoms with van der Waals surface area (Å²) < 4.78 is 18.3. The van der Waals surface area contributed by atoms with Crippen molar-refractivity contribution < 1.29 is 18.7 Å². The van der Waals surface area contributed by atoms with Gasteiger partial charge in [0.25, 0.3) is 5.91 Å². The van der Waals surface area contributed by atoms with Gasteiger partial charge in [-0.2, -0.15) is 0 Å². The third-order valence-electron chi connectivity index (χ3n) is 2.95. The van der Waals surface area contributed by atoms with E-state index in [1.165, 1.54) is 30.0 Å². The fourth-order valence-electron chi connectivity index (χ4n) is 1.79. The van der Waals surface area contributed by atoms with Crippen LogP contribution < -0.4 is 5.32 Å². The number of carbonyl (C=O) groups is 2. The number of halogens is 1. The average molecular weight is 333 g/mol. The van der Waals surface area contributed by atoms with E-state index in [2.05, 4.69) is 5.32 Å². The zero-order valence-corrected chi connectivity index (χ0v) is 13.4. The van der Waals surface area contributed by atoms with E-state index in [1.54, 1.807) is 6.07 Å². The lowest BCUT2D eigenvalue weighted by Crippen LogP contribution is -2.22. The molecule has 4 nitrogen and oxygen atoms in total. The molecule has 0 aliphatic carbocycles. The van der Waals surface area contributed by atoms with Gasteiger partial charge in [-0.1, -0.05) is 30.3 Å². The highest BCUT2D eigenvalue weighted by Gasteiger charge is 2.10. The van der Waals surface area contributed by atoms with Crippen molar-refractivity contribution in [1.82, 2.24) is 0 Å². The number of thioether (sulfide) groups is 1. The molecule has 0 aromatic heterocycles. The molecule has 2 aromatic rings. The standard InChI is InChI=1S/C17H16FNO3S/c1-12-6-2-5-9-15(12)23-11-17(21)22-10-16(20)19-14-8-4-3-7-13(14)18/h2-9H,10-11H2,1H3,(H,19,20). The van der Waals surface area contributed by atoms with Crippen molar-refractivity contribution in [3.8, 4) is 0 Å². The van der Waals surface area contributed by atoms with Gasteiger partial charge < -0.3 is 10.1 Å². The maximum atomic E-state index is 13.4. The quantitative estimate of drug-likeness (QED) is 0.650. The fourth-order valence-corrected chi connectivity index (χ4v) is 2.62. The summed E-state index contributed by atoms with van der Waals surface area (Å²) >= 11 is 1.35. The Morgan fingerprint density at radius 2 is 1.83 bits per heavy atom. The molecule has 0 saturated carbocycles. The Bertz CT molecular complexity index is 706. The molecule has 23 heavy (non-hydrogen) atoms. The van der Waals surface area contributed by atoms with Gasteiger partial charge >= 0.3 is 5.97 Å². The van der Waals surface area contributed by atoms with Crippen LogP contribution in [0.4, 0.5) is 10.1 Å². The van der Waals surface area contributed by atoms with Crippen molar-refractivity contribution >= 4 is 29.3 Å². The molecule has 0 fully saturated rings. The van der Waals surface area contributed by atoms with E-state index in [1.807, 2.05) is 31.2 Å². The second-order valence-corrected chi connectivity index (χ2v) is 5.76. The maximum Gasteiger partial charge on any atom is 0.316 e. The molecule has 0 bridgehead atoms. The lowest BCUT2D eigenvalue weighted by molar-refractivity contribution is -0.144. The second-order valence-electron chi connectivity index (χ2n) is 4.74. The molecule has 0 atom stereocenters. The number of esters is 1. The van der Waals surface area contributed by atoms with Crippen LogP contribution in [0.25, 0.3) is 0 Å². The number of carbonyl (C=O) groups excluding carboxylic acids is 2. The van der Waals surface area contributed by atoms with Gasteiger partial charge in [0.1, 0.15) is 5.82 Å². The van der Waals surface area contributed by atoms with Gasteiger partial charge in [-0.3, -0.25) is 9.59 Å². The van der Waals surface area contributed by atoms with Gasteiger partial charge in [-0.15, -0.1) is 11.8 Å². The number of nitrogens with one attached hydrogen (secondary N) is 1. The lowest BCUT2D eigenvalue weighted by Gasteiger charge is -2.08. The van der Waals surface area contributed by atoms with Crippen molar-refractivity contribution in [2.45, 2.75) is 11.8 Å². The van der Waals surface area contributed by atoms with Crippen molar-refractivity contribution in [2.75, 3.05) is 17.7 Å². The van der Waals surface area contributed by atoms with Gasteiger partial charge in [0.2, 0.25) is 0 Å². The number of aryl methyl sites for hydroxylation is 1. The van der Waals surface area contributed by atoms with Gasteiger partial charge in [-0.25, -0.2) is 4.39 Å². The van der Waals surface area contributed by atoms with E-state index in [0.717, 1.165) is 10.5 Å². The average Bonchev–Trinajstić information content (AvgIpc) is 2.54. The Hall–Kier alpha value is -2.34. The van der Waals surface area contributed by atoms with Crippen molar-refractivity contribution in [1.29, 1.82) is 0 Å². The molecule has 6 heteroatoms. The third kappa shape index (κ3) is 5.41. The molecule has 0 radical (unpaired) electrons. The highest BCUT2D eigenvalue weighted by molar-refractivity contribution is 8.00. The summed E-state index contributed by atoms with van der Waals surface area (Å²) in [5.74, 6) is -1.51. The number of amides is 1. The third-order valence-corrected chi connectivity index (χ3v) is 4.10. The fraction of sp³-hybridized carbons (Fsp3) is 0.176. The van der Waals surface area contributed by atoms with Gasteiger partial charge in [0.05, 0.1) is 11.4 Å². The highest BCUT2D eigenvalue weighted by atomic mass is 32.2. The summed E-state index contributed by atoms with van der Waals surface area (Å²) in [5.41, 5.74) is 1.13. The summed E-state index contributed by atoms with van der Waals surface area (Å²) in [5, 5.41) is 2.35. The summed E-state index contributed by atoms with van der Waals surface area (Å²) in [7, 11) is 0. The monoisotopic (exact) mass is 333 g/mol. The Labute approximate surface area is 138 Å². The smallest absolute Gasteiger partial charge is 0.316 e. The summed E-state index contributed by atoms with van der Waals surface area (Å²) in [6, 6.07) is 13.5. The van der Waals surface area contributed by atoms with Crippen LogP contribution in [0.3, 0.4) is 0 Å². The van der Waals surface area contributed by atoms with E-state index in [0.29, 0.717) is 0 Å². The predicted molar refractivity (Wildman–Crippen MR) is 87.9 cm³/mol. The maximum absolute atomic E-state index is 13.4. The predicted octanol–water partition coefficient (Wildman–Crippen LogP) is 3.41. The molecule has 0 aliphatic rings. The zero-order valence-electron chi connectivity index (χ0n) is 12.5. The molecule has 120 valence electrons. The molecule has 0 spiro atoms. The van der Waals surface area contributed by atoms with Crippen LogP contribution in [0.5, 0.6) is 0 Å². The van der Waals surface area contributed by atoms with Crippen LogP contribution in [0, 0.1) is 12.7 Å². The summed E-state index contributed by atoms with van der Waals surface area (Å²) in [6.07, 6.45) is 0. The summed E-state index contributed by atoms with van der Waals surface area (Å²) in [4.78, 5) is 24.3. The molecule has 0 aliphatic heterocycles. The molecular weight excluding hydrogens is 317 g/mol. The molecule has 0 saturated heterocycles. The molecule has 2 rings (SSSR count). The summed E-state index contributed by atoms with van der Waals surface area (Å²) in [6.45, 7) is 1.51. The first-order chi connectivity index (χ1) is 11.1. The Kier molecular flexibility index (Phi) is 6.17.